The maximum atomic E-state index is 10.9. The smallest absolute Gasteiger partial charge is 0.0926 e. The van der Waals surface area contributed by atoms with Gasteiger partial charge in [-0.05, 0) is 36.9 Å². The number of nitrogens with zero attached hydrogens (tertiary/aromatic N) is 2. The zero-order valence-electron chi connectivity index (χ0n) is 10.6. The normalized spacial score (nSPS) is 20.1. The maximum Gasteiger partial charge on any atom is 0.0926 e. The molecule has 0 spiro atoms. The van der Waals surface area contributed by atoms with E-state index in [1.165, 1.54) is 0 Å². The van der Waals surface area contributed by atoms with Crippen molar-refractivity contribution in [3.8, 4) is 0 Å². The van der Waals surface area contributed by atoms with E-state index in [0.29, 0.717) is 0 Å². The third-order valence-corrected chi connectivity index (χ3v) is 4.00. The molecule has 1 aromatic heterocycles. The lowest BCUT2D eigenvalue weighted by Crippen LogP contribution is -2.40. The van der Waals surface area contributed by atoms with Crippen LogP contribution in [-0.2, 0) is 5.60 Å². The van der Waals surface area contributed by atoms with E-state index in [1.54, 1.807) is 6.20 Å². The van der Waals surface area contributed by atoms with E-state index in [-0.39, 0.29) is 0 Å². The molecular weight excluding hydrogens is 224 g/mol. The van der Waals surface area contributed by atoms with E-state index < -0.39 is 5.60 Å². The molecule has 0 radical (unpaired) electrons. The molecule has 0 amide bonds. The van der Waals surface area contributed by atoms with Crippen LogP contribution in [0.5, 0.6) is 0 Å². The molecule has 2 aromatic rings. The molecule has 0 saturated carbocycles. The highest BCUT2D eigenvalue weighted by Gasteiger charge is 2.33. The number of hydrogen-bond donors (Lipinski definition) is 1. The quantitative estimate of drug-likeness (QED) is 0.832. The highest BCUT2D eigenvalue weighted by molar-refractivity contribution is 5.85. The summed E-state index contributed by atoms with van der Waals surface area (Å²) in [6.45, 7) is 1.88. The van der Waals surface area contributed by atoms with Crippen molar-refractivity contribution in [2.75, 3.05) is 20.1 Å². The van der Waals surface area contributed by atoms with Crippen LogP contribution in [0.3, 0.4) is 0 Å². The summed E-state index contributed by atoms with van der Waals surface area (Å²) in [6, 6.07) is 8.11. The predicted octanol–water partition coefficient (Wildman–Crippen LogP) is 2.15. The fraction of sp³-hybridized carbons (Fsp3) is 0.400. The van der Waals surface area contributed by atoms with Gasteiger partial charge in [0.25, 0.3) is 0 Å². The Balaban J connectivity index is 2.08. The van der Waals surface area contributed by atoms with E-state index >= 15 is 0 Å². The second-order valence-corrected chi connectivity index (χ2v) is 5.24. The Morgan fingerprint density at radius 2 is 2.00 bits per heavy atom. The largest absolute Gasteiger partial charge is 0.385 e. The Kier molecular flexibility index (Phi) is 2.80. The van der Waals surface area contributed by atoms with Crippen molar-refractivity contribution in [3.63, 3.8) is 0 Å². The van der Waals surface area contributed by atoms with Crippen LogP contribution < -0.4 is 0 Å². The Morgan fingerprint density at radius 3 is 2.78 bits per heavy atom. The molecular formula is C15H18N2O. The number of likely N-dealkylation sites (tertiary alicyclic amines) is 1. The van der Waals surface area contributed by atoms with Crippen LogP contribution >= 0.6 is 0 Å². The van der Waals surface area contributed by atoms with Crippen LogP contribution in [0.15, 0.2) is 36.7 Å². The first-order chi connectivity index (χ1) is 8.69. The number of benzene rings is 1. The molecule has 1 aliphatic heterocycles. The summed E-state index contributed by atoms with van der Waals surface area (Å²) in [5.41, 5.74) is 0.364. The number of aliphatic hydroxyl groups is 1. The van der Waals surface area contributed by atoms with Crippen LogP contribution in [0.4, 0.5) is 0 Å². The van der Waals surface area contributed by atoms with Crippen molar-refractivity contribution in [1.82, 2.24) is 9.88 Å². The fourth-order valence-electron chi connectivity index (χ4n) is 2.79. The molecule has 18 heavy (non-hydrogen) atoms. The van der Waals surface area contributed by atoms with Gasteiger partial charge in [0, 0.05) is 30.9 Å². The number of rotatable bonds is 1. The van der Waals surface area contributed by atoms with Gasteiger partial charge < -0.3 is 10.0 Å². The summed E-state index contributed by atoms with van der Waals surface area (Å²) >= 11 is 0. The van der Waals surface area contributed by atoms with Gasteiger partial charge in [0.15, 0.2) is 0 Å². The lowest BCUT2D eigenvalue weighted by molar-refractivity contribution is -0.0190. The number of aromatic nitrogens is 1. The summed E-state index contributed by atoms with van der Waals surface area (Å²) in [7, 11) is 2.10. The van der Waals surface area contributed by atoms with E-state index in [0.717, 1.165) is 42.3 Å². The monoisotopic (exact) mass is 242 g/mol. The minimum absolute atomic E-state index is 0.687. The third-order valence-electron chi connectivity index (χ3n) is 4.00. The van der Waals surface area contributed by atoms with Crippen molar-refractivity contribution in [1.29, 1.82) is 0 Å². The summed E-state index contributed by atoms with van der Waals surface area (Å²) in [5.74, 6) is 0. The predicted molar refractivity (Wildman–Crippen MR) is 72.4 cm³/mol. The Hall–Kier alpha value is -1.45. The first-order valence-corrected chi connectivity index (χ1v) is 6.43. The van der Waals surface area contributed by atoms with Gasteiger partial charge >= 0.3 is 0 Å². The molecule has 1 aliphatic rings. The van der Waals surface area contributed by atoms with Gasteiger partial charge in [-0.15, -0.1) is 0 Å². The lowest BCUT2D eigenvalue weighted by Gasteiger charge is -2.37. The minimum Gasteiger partial charge on any atom is -0.385 e. The average molecular weight is 242 g/mol. The van der Waals surface area contributed by atoms with E-state index in [2.05, 4.69) is 16.9 Å². The summed E-state index contributed by atoms with van der Waals surface area (Å²) in [4.78, 5) is 6.41. The van der Waals surface area contributed by atoms with Crippen molar-refractivity contribution in [2.24, 2.45) is 0 Å². The van der Waals surface area contributed by atoms with Crippen molar-refractivity contribution in [2.45, 2.75) is 18.4 Å². The second-order valence-electron chi connectivity index (χ2n) is 5.24. The van der Waals surface area contributed by atoms with Crippen LogP contribution in [0.25, 0.3) is 10.8 Å². The van der Waals surface area contributed by atoms with Crippen LogP contribution in [0.2, 0.25) is 0 Å². The van der Waals surface area contributed by atoms with Crippen LogP contribution in [0.1, 0.15) is 18.4 Å². The summed E-state index contributed by atoms with van der Waals surface area (Å²) < 4.78 is 0. The average Bonchev–Trinajstić information content (AvgIpc) is 2.42. The van der Waals surface area contributed by atoms with Gasteiger partial charge in [-0.25, -0.2) is 0 Å². The van der Waals surface area contributed by atoms with Gasteiger partial charge in [0.1, 0.15) is 0 Å². The van der Waals surface area contributed by atoms with Crippen molar-refractivity contribution >= 4 is 10.8 Å². The standard InChI is InChI=1S/C15H18N2O/c1-17-9-6-15(18,7-10-17)14-4-2-3-12-11-16-8-5-13(12)14/h2-5,8,11,18H,6-7,9-10H2,1H3. The second kappa shape index (κ2) is 4.34. The number of fused-ring (bicyclic) bond motifs is 1. The Morgan fingerprint density at radius 1 is 1.22 bits per heavy atom. The van der Waals surface area contributed by atoms with E-state index in [1.807, 2.05) is 30.5 Å². The molecule has 0 atom stereocenters. The number of pyridine rings is 1. The molecule has 3 rings (SSSR count). The Bertz CT molecular complexity index is 554. The molecule has 0 bridgehead atoms. The fourth-order valence-corrected chi connectivity index (χ4v) is 2.79. The minimum atomic E-state index is -0.687. The number of hydrogen-bond acceptors (Lipinski definition) is 3. The van der Waals surface area contributed by atoms with Crippen molar-refractivity contribution < 1.29 is 5.11 Å². The van der Waals surface area contributed by atoms with Gasteiger partial charge in [-0.2, -0.15) is 0 Å². The molecule has 1 fully saturated rings. The zero-order valence-corrected chi connectivity index (χ0v) is 10.6. The Labute approximate surface area is 107 Å². The molecule has 1 aromatic carbocycles. The highest BCUT2D eigenvalue weighted by Crippen LogP contribution is 2.36. The van der Waals surface area contributed by atoms with Crippen LogP contribution in [0, 0.1) is 0 Å². The first kappa shape index (κ1) is 11.6. The van der Waals surface area contributed by atoms with Gasteiger partial charge in [-0.1, -0.05) is 18.2 Å². The third kappa shape index (κ3) is 1.89. The molecule has 1 saturated heterocycles. The van der Waals surface area contributed by atoms with Crippen LogP contribution in [-0.4, -0.2) is 35.1 Å². The maximum absolute atomic E-state index is 10.9. The van der Waals surface area contributed by atoms with Crippen molar-refractivity contribution in [3.05, 3.63) is 42.2 Å². The first-order valence-electron chi connectivity index (χ1n) is 6.43. The summed E-state index contributed by atoms with van der Waals surface area (Å²) in [5, 5.41) is 13.1. The molecule has 0 unspecified atom stereocenters. The van der Waals surface area contributed by atoms with Gasteiger partial charge in [0.2, 0.25) is 0 Å². The SMILES string of the molecule is CN1CCC(O)(c2cccc3cnccc23)CC1. The highest BCUT2D eigenvalue weighted by atomic mass is 16.3. The van der Waals surface area contributed by atoms with E-state index in [4.69, 9.17) is 0 Å². The molecule has 1 N–H and O–H groups in total. The molecule has 94 valence electrons. The molecule has 2 heterocycles. The van der Waals surface area contributed by atoms with Gasteiger partial charge in [-0.3, -0.25) is 4.98 Å². The molecule has 3 nitrogen and oxygen atoms in total. The molecule has 3 heteroatoms. The summed E-state index contributed by atoms with van der Waals surface area (Å²) in [6.07, 6.45) is 5.25. The van der Waals surface area contributed by atoms with E-state index in [9.17, 15) is 5.11 Å². The number of piperidine rings is 1. The van der Waals surface area contributed by atoms with Gasteiger partial charge in [0.05, 0.1) is 5.60 Å². The molecule has 0 aliphatic carbocycles. The zero-order chi connectivity index (χ0) is 12.6. The lowest BCUT2D eigenvalue weighted by atomic mass is 9.82. The topological polar surface area (TPSA) is 36.4 Å².